The normalized spacial score (nSPS) is 10.9. The molecule has 0 saturated carbocycles. The molecule has 0 spiro atoms. The molecule has 1 amide bonds. The number of halogens is 2. The molecular weight excluding hydrogens is 478 g/mol. The maximum atomic E-state index is 12.4. The van der Waals surface area contributed by atoms with Gasteiger partial charge in [0, 0.05) is 6.08 Å². The number of hydrogen-bond donors (Lipinski definition) is 1. The van der Waals surface area contributed by atoms with Gasteiger partial charge in [-0.15, -0.1) is 0 Å². The van der Waals surface area contributed by atoms with Crippen LogP contribution >= 0.6 is 27.5 Å². The molecule has 6 heteroatoms. The number of nitrogens with one attached hydrogen (secondary N) is 1. The van der Waals surface area contributed by atoms with Crippen molar-refractivity contribution in [2.45, 2.75) is 20.5 Å². The lowest BCUT2D eigenvalue weighted by Crippen LogP contribution is -2.09. The van der Waals surface area contributed by atoms with Gasteiger partial charge >= 0.3 is 0 Å². The van der Waals surface area contributed by atoms with Crippen LogP contribution in [0.3, 0.4) is 0 Å². The molecule has 160 valence electrons. The summed E-state index contributed by atoms with van der Waals surface area (Å²) in [7, 11) is 1.58. The van der Waals surface area contributed by atoms with E-state index in [1.807, 2.05) is 68.4 Å². The smallest absolute Gasteiger partial charge is 0.248 e. The van der Waals surface area contributed by atoms with Crippen molar-refractivity contribution in [3.05, 3.63) is 92.4 Å². The standard InChI is InChI=1S/C25H23BrClNO3/c1-16-11-17(2)24(21(27)12-16)28-23(29)10-9-19-13-20(26)25(22(14-19)30-3)31-15-18-7-5-4-6-8-18/h4-14H,15H2,1-3H3,(H,28,29). The summed E-state index contributed by atoms with van der Waals surface area (Å²) in [5.41, 5.74) is 4.42. The lowest BCUT2D eigenvalue weighted by atomic mass is 10.1. The second-order valence-electron chi connectivity index (χ2n) is 7.07. The van der Waals surface area contributed by atoms with Gasteiger partial charge in [0.1, 0.15) is 6.61 Å². The maximum Gasteiger partial charge on any atom is 0.248 e. The molecule has 3 rings (SSSR count). The Balaban J connectivity index is 1.73. The van der Waals surface area contributed by atoms with E-state index in [-0.39, 0.29) is 5.91 Å². The minimum atomic E-state index is -0.270. The van der Waals surface area contributed by atoms with Crippen LogP contribution in [-0.2, 0) is 11.4 Å². The van der Waals surface area contributed by atoms with Gasteiger partial charge in [-0.05, 0) is 76.3 Å². The van der Waals surface area contributed by atoms with Crippen LogP contribution < -0.4 is 14.8 Å². The largest absolute Gasteiger partial charge is 0.493 e. The zero-order valence-electron chi connectivity index (χ0n) is 17.5. The third-order valence-corrected chi connectivity index (χ3v) is 5.47. The number of benzene rings is 3. The Bertz CT molecular complexity index is 1090. The highest BCUT2D eigenvalue weighted by atomic mass is 79.9. The first-order chi connectivity index (χ1) is 14.9. The second kappa shape index (κ2) is 10.5. The number of amides is 1. The van der Waals surface area contributed by atoms with Gasteiger partial charge in [0.05, 0.1) is 22.3 Å². The van der Waals surface area contributed by atoms with Gasteiger partial charge in [0.2, 0.25) is 5.91 Å². The van der Waals surface area contributed by atoms with E-state index in [2.05, 4.69) is 21.2 Å². The third-order valence-electron chi connectivity index (χ3n) is 4.58. The van der Waals surface area contributed by atoms with Crippen molar-refractivity contribution in [1.29, 1.82) is 0 Å². The van der Waals surface area contributed by atoms with Crippen LogP contribution in [0.2, 0.25) is 5.02 Å². The molecule has 0 aliphatic carbocycles. The summed E-state index contributed by atoms with van der Waals surface area (Å²) in [6, 6.07) is 17.4. The Morgan fingerprint density at radius 1 is 1.13 bits per heavy atom. The Labute approximate surface area is 196 Å². The molecule has 3 aromatic carbocycles. The molecule has 0 unspecified atom stereocenters. The zero-order chi connectivity index (χ0) is 22.4. The molecule has 4 nitrogen and oxygen atoms in total. The molecule has 0 bridgehead atoms. The number of anilines is 1. The number of rotatable bonds is 7. The molecule has 0 fully saturated rings. The van der Waals surface area contributed by atoms with E-state index in [1.165, 1.54) is 6.08 Å². The number of aryl methyl sites for hydroxylation is 2. The Morgan fingerprint density at radius 2 is 1.87 bits per heavy atom. The molecule has 31 heavy (non-hydrogen) atoms. The summed E-state index contributed by atoms with van der Waals surface area (Å²) in [4.78, 5) is 12.4. The second-order valence-corrected chi connectivity index (χ2v) is 8.33. The van der Waals surface area contributed by atoms with Crippen molar-refractivity contribution >= 4 is 45.2 Å². The Morgan fingerprint density at radius 3 is 2.55 bits per heavy atom. The van der Waals surface area contributed by atoms with Crippen molar-refractivity contribution in [2.75, 3.05) is 12.4 Å². The number of hydrogen-bond acceptors (Lipinski definition) is 3. The lowest BCUT2D eigenvalue weighted by molar-refractivity contribution is -0.111. The molecule has 0 radical (unpaired) electrons. The minimum absolute atomic E-state index is 0.270. The Kier molecular flexibility index (Phi) is 7.77. The van der Waals surface area contributed by atoms with Crippen LogP contribution in [0, 0.1) is 13.8 Å². The summed E-state index contributed by atoms with van der Waals surface area (Å²) in [5, 5.41) is 3.36. The topological polar surface area (TPSA) is 47.6 Å². The molecule has 0 saturated heterocycles. The van der Waals surface area contributed by atoms with Crippen LogP contribution in [0.4, 0.5) is 5.69 Å². The molecule has 0 aliphatic rings. The number of carbonyl (C=O) groups excluding carboxylic acids is 1. The monoisotopic (exact) mass is 499 g/mol. The van der Waals surface area contributed by atoms with Crippen molar-refractivity contribution in [1.82, 2.24) is 0 Å². The average molecular weight is 501 g/mol. The number of ether oxygens (including phenoxy) is 2. The van der Waals surface area contributed by atoms with E-state index in [0.717, 1.165) is 26.7 Å². The van der Waals surface area contributed by atoms with E-state index in [0.29, 0.717) is 28.8 Å². The van der Waals surface area contributed by atoms with Gasteiger partial charge in [0.25, 0.3) is 0 Å². The zero-order valence-corrected chi connectivity index (χ0v) is 19.9. The summed E-state index contributed by atoms with van der Waals surface area (Å²) in [6.45, 7) is 4.29. The first-order valence-electron chi connectivity index (χ1n) is 9.67. The highest BCUT2D eigenvalue weighted by molar-refractivity contribution is 9.10. The SMILES string of the molecule is COc1cc(C=CC(=O)Nc2c(C)cc(C)cc2Cl)cc(Br)c1OCc1ccccc1. The molecule has 0 aliphatic heterocycles. The Hall–Kier alpha value is -2.76. The summed E-state index contributed by atoms with van der Waals surface area (Å²) < 4.78 is 12.2. The van der Waals surface area contributed by atoms with Gasteiger partial charge in [0.15, 0.2) is 11.5 Å². The molecule has 0 atom stereocenters. The molecule has 0 aromatic heterocycles. The fourth-order valence-electron chi connectivity index (χ4n) is 3.12. The van der Waals surface area contributed by atoms with E-state index in [4.69, 9.17) is 21.1 Å². The maximum absolute atomic E-state index is 12.4. The highest BCUT2D eigenvalue weighted by Crippen LogP contribution is 2.37. The highest BCUT2D eigenvalue weighted by Gasteiger charge is 2.12. The van der Waals surface area contributed by atoms with Gasteiger partial charge in [-0.2, -0.15) is 0 Å². The first kappa shape index (κ1) is 22.9. The van der Waals surface area contributed by atoms with E-state index in [1.54, 1.807) is 13.2 Å². The summed E-state index contributed by atoms with van der Waals surface area (Å²) in [6.07, 6.45) is 3.17. The van der Waals surface area contributed by atoms with E-state index >= 15 is 0 Å². The van der Waals surface area contributed by atoms with Gasteiger partial charge < -0.3 is 14.8 Å². The van der Waals surface area contributed by atoms with Crippen molar-refractivity contribution in [3.63, 3.8) is 0 Å². The predicted molar refractivity (Wildman–Crippen MR) is 130 cm³/mol. The third kappa shape index (κ3) is 6.12. The molecular formula is C25H23BrClNO3. The van der Waals surface area contributed by atoms with Crippen molar-refractivity contribution < 1.29 is 14.3 Å². The van der Waals surface area contributed by atoms with Crippen LogP contribution in [-0.4, -0.2) is 13.0 Å². The summed E-state index contributed by atoms with van der Waals surface area (Å²) in [5.74, 6) is 0.908. The van der Waals surface area contributed by atoms with Gasteiger partial charge in [-0.25, -0.2) is 0 Å². The predicted octanol–water partition coefficient (Wildman–Crippen LogP) is 6.96. The van der Waals surface area contributed by atoms with Crippen LogP contribution in [0.25, 0.3) is 6.08 Å². The van der Waals surface area contributed by atoms with Crippen molar-refractivity contribution in [3.8, 4) is 11.5 Å². The van der Waals surface area contributed by atoms with Gasteiger partial charge in [-0.1, -0.05) is 48.0 Å². The quantitative estimate of drug-likeness (QED) is 0.357. The average Bonchev–Trinajstić information content (AvgIpc) is 2.74. The number of methoxy groups -OCH3 is 1. The molecule has 1 N–H and O–H groups in total. The van der Waals surface area contributed by atoms with E-state index in [9.17, 15) is 4.79 Å². The lowest BCUT2D eigenvalue weighted by Gasteiger charge is -2.14. The van der Waals surface area contributed by atoms with Crippen molar-refractivity contribution in [2.24, 2.45) is 0 Å². The fourth-order valence-corrected chi connectivity index (χ4v) is 4.06. The minimum Gasteiger partial charge on any atom is -0.493 e. The molecule has 3 aromatic rings. The van der Waals surface area contributed by atoms with E-state index < -0.39 is 0 Å². The van der Waals surface area contributed by atoms with Crippen LogP contribution in [0.15, 0.2) is 65.1 Å². The fraction of sp³-hybridized carbons (Fsp3) is 0.160. The van der Waals surface area contributed by atoms with Gasteiger partial charge in [-0.3, -0.25) is 4.79 Å². The first-order valence-corrected chi connectivity index (χ1v) is 10.8. The van der Waals surface area contributed by atoms with Crippen LogP contribution in [0.5, 0.6) is 11.5 Å². The number of carbonyl (C=O) groups is 1. The summed E-state index contributed by atoms with van der Waals surface area (Å²) >= 11 is 9.81. The molecule has 0 heterocycles. The van der Waals surface area contributed by atoms with Crippen LogP contribution in [0.1, 0.15) is 22.3 Å².